The molecule has 20 heavy (non-hydrogen) atoms. The Morgan fingerprint density at radius 3 is 2.65 bits per heavy atom. The first-order valence-corrected chi connectivity index (χ1v) is 7.15. The van der Waals surface area contributed by atoms with E-state index in [1.54, 1.807) is 29.6 Å². The summed E-state index contributed by atoms with van der Waals surface area (Å²) in [7, 11) is 0. The fourth-order valence-corrected chi connectivity index (χ4v) is 2.25. The van der Waals surface area contributed by atoms with Gasteiger partial charge in [0, 0.05) is 6.07 Å². The lowest BCUT2D eigenvalue weighted by molar-refractivity contribution is -0.122. The molecule has 104 valence electrons. The Morgan fingerprint density at radius 1 is 1.20 bits per heavy atom. The zero-order chi connectivity index (χ0) is 14.5. The summed E-state index contributed by atoms with van der Waals surface area (Å²) in [4.78, 5) is 23.6. The van der Waals surface area contributed by atoms with E-state index in [0.29, 0.717) is 20.7 Å². The monoisotopic (exact) mass is 329 g/mol. The van der Waals surface area contributed by atoms with Crippen LogP contribution in [-0.4, -0.2) is 18.4 Å². The number of thiophene rings is 1. The van der Waals surface area contributed by atoms with Crippen molar-refractivity contribution >= 4 is 46.4 Å². The zero-order valence-electron chi connectivity index (χ0n) is 10.1. The molecule has 0 spiro atoms. The summed E-state index contributed by atoms with van der Waals surface area (Å²) in [5.74, 6) is -0.574. The van der Waals surface area contributed by atoms with Crippen LogP contribution >= 0.6 is 34.5 Å². The maximum Gasteiger partial charge on any atom is 0.268 e. The summed E-state index contributed by atoms with van der Waals surface area (Å²) in [6.07, 6.45) is 0. The lowest BCUT2D eigenvalue weighted by Gasteiger charge is -2.07. The van der Waals surface area contributed by atoms with E-state index in [2.05, 4.69) is 5.32 Å². The lowest BCUT2D eigenvalue weighted by atomic mass is 10.3. The molecule has 0 aliphatic rings. The Balaban J connectivity index is 1.86. The molecule has 0 saturated heterocycles. The number of carbonyl (C=O) groups is 2. The number of imide groups is 1. The van der Waals surface area contributed by atoms with Crippen LogP contribution in [0.2, 0.25) is 10.0 Å². The topological polar surface area (TPSA) is 55.4 Å². The van der Waals surface area contributed by atoms with E-state index < -0.39 is 11.8 Å². The SMILES string of the molecule is O=C(COc1ccc(Cl)c(Cl)c1)NC(=O)c1cccs1. The predicted octanol–water partition coefficient (Wildman–Crippen LogP) is 3.39. The van der Waals surface area contributed by atoms with Crippen LogP contribution in [-0.2, 0) is 4.79 Å². The van der Waals surface area contributed by atoms with Crippen molar-refractivity contribution in [2.75, 3.05) is 6.61 Å². The lowest BCUT2D eigenvalue weighted by Crippen LogP contribution is -2.33. The average Bonchev–Trinajstić information content (AvgIpc) is 2.94. The molecule has 2 aromatic rings. The molecule has 0 unspecified atom stereocenters. The Bertz CT molecular complexity index is 629. The molecule has 1 aromatic heterocycles. The molecule has 0 atom stereocenters. The highest BCUT2D eigenvalue weighted by molar-refractivity contribution is 7.12. The van der Waals surface area contributed by atoms with E-state index in [9.17, 15) is 9.59 Å². The van der Waals surface area contributed by atoms with Crippen LogP contribution in [0.1, 0.15) is 9.67 Å². The van der Waals surface area contributed by atoms with E-state index >= 15 is 0 Å². The molecule has 2 rings (SSSR count). The smallest absolute Gasteiger partial charge is 0.268 e. The number of halogens is 2. The van der Waals surface area contributed by atoms with Crippen molar-refractivity contribution in [3.8, 4) is 5.75 Å². The quantitative estimate of drug-likeness (QED) is 0.935. The fraction of sp³-hybridized carbons (Fsp3) is 0.0769. The van der Waals surface area contributed by atoms with Gasteiger partial charge in [-0.3, -0.25) is 14.9 Å². The van der Waals surface area contributed by atoms with Gasteiger partial charge in [0.25, 0.3) is 11.8 Å². The van der Waals surface area contributed by atoms with Gasteiger partial charge in [-0.2, -0.15) is 0 Å². The molecule has 0 bridgehead atoms. The minimum Gasteiger partial charge on any atom is -0.484 e. The first-order valence-electron chi connectivity index (χ1n) is 5.52. The van der Waals surface area contributed by atoms with Gasteiger partial charge in [0.1, 0.15) is 5.75 Å². The Hall–Kier alpha value is -1.56. The summed E-state index contributed by atoms with van der Waals surface area (Å²) in [5, 5.41) is 4.71. The molecule has 2 amide bonds. The highest BCUT2D eigenvalue weighted by atomic mass is 35.5. The molecule has 1 aromatic carbocycles. The Kier molecular flexibility index (Phi) is 5.00. The first-order chi connectivity index (χ1) is 9.56. The second-order valence-electron chi connectivity index (χ2n) is 3.72. The third-order valence-electron chi connectivity index (χ3n) is 2.26. The van der Waals surface area contributed by atoms with Crippen LogP contribution in [0.3, 0.4) is 0 Å². The second-order valence-corrected chi connectivity index (χ2v) is 5.48. The molecular formula is C13H9Cl2NO3S. The maximum atomic E-state index is 11.6. The van der Waals surface area contributed by atoms with E-state index in [4.69, 9.17) is 27.9 Å². The van der Waals surface area contributed by atoms with Crippen LogP contribution in [0, 0.1) is 0 Å². The third-order valence-corrected chi connectivity index (χ3v) is 3.87. The van der Waals surface area contributed by atoms with Crippen molar-refractivity contribution in [3.05, 3.63) is 50.6 Å². The summed E-state index contributed by atoms with van der Waals surface area (Å²) < 4.78 is 5.22. The number of hydrogen-bond donors (Lipinski definition) is 1. The number of nitrogens with one attached hydrogen (secondary N) is 1. The van der Waals surface area contributed by atoms with Gasteiger partial charge in [0.15, 0.2) is 6.61 Å². The minimum absolute atomic E-state index is 0.283. The number of hydrogen-bond acceptors (Lipinski definition) is 4. The van der Waals surface area contributed by atoms with Gasteiger partial charge in [-0.25, -0.2) is 0 Å². The fourth-order valence-electron chi connectivity index (χ4n) is 1.35. The second kappa shape index (κ2) is 6.74. The van der Waals surface area contributed by atoms with Crippen LogP contribution in [0.4, 0.5) is 0 Å². The predicted molar refractivity (Wildman–Crippen MR) is 78.7 cm³/mol. The normalized spacial score (nSPS) is 10.1. The van der Waals surface area contributed by atoms with E-state index in [1.165, 1.54) is 17.4 Å². The van der Waals surface area contributed by atoms with Crippen molar-refractivity contribution in [1.82, 2.24) is 5.32 Å². The number of amides is 2. The average molecular weight is 330 g/mol. The number of ether oxygens (including phenoxy) is 1. The molecule has 0 fully saturated rings. The van der Waals surface area contributed by atoms with Crippen molar-refractivity contribution in [2.24, 2.45) is 0 Å². The van der Waals surface area contributed by atoms with Crippen LogP contribution in [0.15, 0.2) is 35.7 Å². The van der Waals surface area contributed by atoms with E-state index in [0.717, 1.165) is 0 Å². The molecule has 0 saturated carbocycles. The Morgan fingerprint density at radius 2 is 2.00 bits per heavy atom. The van der Waals surface area contributed by atoms with Crippen LogP contribution in [0.5, 0.6) is 5.75 Å². The summed E-state index contributed by atoms with van der Waals surface area (Å²) in [6.45, 7) is -0.283. The van der Waals surface area contributed by atoms with Gasteiger partial charge in [-0.1, -0.05) is 29.3 Å². The molecular weight excluding hydrogens is 321 g/mol. The van der Waals surface area contributed by atoms with Gasteiger partial charge < -0.3 is 4.74 Å². The highest BCUT2D eigenvalue weighted by Gasteiger charge is 2.11. The van der Waals surface area contributed by atoms with Gasteiger partial charge in [-0.15, -0.1) is 11.3 Å². The zero-order valence-corrected chi connectivity index (χ0v) is 12.4. The van der Waals surface area contributed by atoms with Crippen molar-refractivity contribution in [2.45, 2.75) is 0 Å². The summed E-state index contributed by atoms with van der Waals surface area (Å²) >= 11 is 12.8. The molecule has 7 heteroatoms. The molecule has 1 N–H and O–H groups in total. The molecule has 0 radical (unpaired) electrons. The largest absolute Gasteiger partial charge is 0.484 e. The maximum absolute atomic E-state index is 11.6. The summed E-state index contributed by atoms with van der Waals surface area (Å²) in [5.41, 5.74) is 0. The number of benzene rings is 1. The van der Waals surface area contributed by atoms with Crippen LogP contribution in [0.25, 0.3) is 0 Å². The van der Waals surface area contributed by atoms with Crippen molar-refractivity contribution in [3.63, 3.8) is 0 Å². The molecule has 0 aliphatic heterocycles. The van der Waals surface area contributed by atoms with Gasteiger partial charge >= 0.3 is 0 Å². The van der Waals surface area contributed by atoms with E-state index in [1.807, 2.05) is 0 Å². The molecule has 0 aliphatic carbocycles. The minimum atomic E-state index is -0.533. The van der Waals surface area contributed by atoms with Crippen molar-refractivity contribution in [1.29, 1.82) is 0 Å². The van der Waals surface area contributed by atoms with Crippen molar-refractivity contribution < 1.29 is 14.3 Å². The standard InChI is InChI=1S/C13H9Cl2NO3S/c14-9-4-3-8(6-10(9)15)19-7-12(17)16-13(18)11-2-1-5-20-11/h1-6H,7H2,(H,16,17,18). The van der Waals surface area contributed by atoms with E-state index in [-0.39, 0.29) is 6.61 Å². The molecule has 1 heterocycles. The first kappa shape index (κ1) is 14.8. The number of carbonyl (C=O) groups excluding carboxylic acids is 2. The summed E-state index contributed by atoms with van der Waals surface area (Å²) in [6, 6.07) is 8.01. The Labute approximate surface area is 129 Å². The van der Waals surface area contributed by atoms with Gasteiger partial charge in [-0.05, 0) is 23.6 Å². The third kappa shape index (κ3) is 3.96. The highest BCUT2D eigenvalue weighted by Crippen LogP contribution is 2.26. The van der Waals surface area contributed by atoms with Gasteiger partial charge in [0.05, 0.1) is 14.9 Å². The number of rotatable bonds is 4. The molecule has 4 nitrogen and oxygen atoms in total. The van der Waals surface area contributed by atoms with Crippen LogP contribution < -0.4 is 10.1 Å². The van der Waals surface area contributed by atoms with Gasteiger partial charge in [0.2, 0.25) is 0 Å².